The minimum atomic E-state index is 0.602. The van der Waals surface area contributed by atoms with Crippen LogP contribution in [-0.4, -0.2) is 15.0 Å². The largest absolute Gasteiger partial charge is 0.455 e. The normalized spacial score (nSPS) is 11.9. The topological polar surface area (TPSA) is 51.8 Å². The average molecular weight is 650 g/mol. The van der Waals surface area contributed by atoms with E-state index in [2.05, 4.69) is 146 Å². The summed E-state index contributed by atoms with van der Waals surface area (Å²) < 4.78 is 6.64. The van der Waals surface area contributed by atoms with Crippen molar-refractivity contribution in [1.29, 1.82) is 0 Å². The van der Waals surface area contributed by atoms with Gasteiger partial charge in [-0.05, 0) is 73.6 Å². The number of hydrogen-bond acceptors (Lipinski definition) is 4. The van der Waals surface area contributed by atoms with Crippen molar-refractivity contribution in [3.05, 3.63) is 164 Å². The summed E-state index contributed by atoms with van der Waals surface area (Å²) in [6, 6.07) is 57.2. The fourth-order valence-corrected chi connectivity index (χ4v) is 8.02. The van der Waals surface area contributed by atoms with Crippen LogP contribution < -0.4 is 0 Å². The lowest BCUT2D eigenvalue weighted by molar-refractivity contribution is 0.670. The van der Waals surface area contributed by atoms with E-state index in [0.29, 0.717) is 17.5 Å². The van der Waals surface area contributed by atoms with Crippen molar-refractivity contribution >= 4 is 43.5 Å². The fraction of sp³-hybridized carbons (Fsp3) is 0. The Kier molecular flexibility index (Phi) is 5.92. The highest BCUT2D eigenvalue weighted by Gasteiger charge is 2.25. The number of para-hydroxylation sites is 1. The highest BCUT2D eigenvalue weighted by atomic mass is 16.3. The summed E-state index contributed by atoms with van der Waals surface area (Å²) in [6.45, 7) is 0. The van der Waals surface area contributed by atoms with E-state index in [-0.39, 0.29) is 0 Å². The number of nitrogens with zero attached hydrogens (tertiary/aromatic N) is 3. The third-order valence-electron chi connectivity index (χ3n) is 10.3. The Balaban J connectivity index is 1.22. The minimum Gasteiger partial charge on any atom is -0.455 e. The molecule has 0 N–H and O–H groups in total. The second-order valence-electron chi connectivity index (χ2n) is 13.1. The average Bonchev–Trinajstić information content (AvgIpc) is 3.75. The van der Waals surface area contributed by atoms with E-state index in [1.54, 1.807) is 0 Å². The van der Waals surface area contributed by atoms with E-state index in [4.69, 9.17) is 19.4 Å². The zero-order valence-electron chi connectivity index (χ0n) is 27.3. The molecule has 0 unspecified atom stereocenters. The van der Waals surface area contributed by atoms with Crippen molar-refractivity contribution in [2.75, 3.05) is 0 Å². The molecule has 4 heteroatoms. The van der Waals surface area contributed by atoms with Gasteiger partial charge >= 0.3 is 0 Å². The molecule has 4 nitrogen and oxygen atoms in total. The van der Waals surface area contributed by atoms with Crippen LogP contribution in [0.5, 0.6) is 0 Å². The van der Waals surface area contributed by atoms with E-state index in [9.17, 15) is 0 Å². The molecule has 2 aromatic heterocycles. The molecule has 51 heavy (non-hydrogen) atoms. The maximum absolute atomic E-state index is 6.64. The molecule has 8 aromatic carbocycles. The predicted octanol–water partition coefficient (Wildman–Crippen LogP) is 12.4. The first kappa shape index (κ1) is 28.0. The Morgan fingerprint density at radius 1 is 0.314 bits per heavy atom. The highest BCUT2D eigenvalue weighted by molar-refractivity contribution is 6.19. The molecule has 0 spiro atoms. The Morgan fingerprint density at radius 3 is 1.65 bits per heavy atom. The monoisotopic (exact) mass is 649 g/mol. The zero-order chi connectivity index (χ0) is 33.5. The maximum Gasteiger partial charge on any atom is 0.164 e. The van der Waals surface area contributed by atoms with Crippen LogP contribution >= 0.6 is 0 Å². The lowest BCUT2D eigenvalue weighted by Gasteiger charge is -2.13. The van der Waals surface area contributed by atoms with Crippen LogP contribution in [0.15, 0.2) is 168 Å². The fourth-order valence-electron chi connectivity index (χ4n) is 8.02. The van der Waals surface area contributed by atoms with Crippen molar-refractivity contribution in [2.24, 2.45) is 0 Å². The zero-order valence-corrected chi connectivity index (χ0v) is 27.3. The standard InChI is InChI=1S/C47H27N3O/c1-2-12-29(13-3-1)31-24-27-40(43-39-19-8-9-23-41(39)51-44(31)43)47-49-45(37-22-10-15-28-14-4-5-16-30(28)37)48-46(50-47)38-26-25-36-33-18-7-6-17-32(33)34-20-11-21-35(38)42(34)36/h1-27H. The Labute approximate surface area is 293 Å². The summed E-state index contributed by atoms with van der Waals surface area (Å²) in [5.74, 6) is 1.87. The van der Waals surface area contributed by atoms with E-state index in [1.807, 2.05) is 18.2 Å². The van der Waals surface area contributed by atoms with Gasteiger partial charge in [0.1, 0.15) is 11.2 Å². The summed E-state index contributed by atoms with van der Waals surface area (Å²) in [4.78, 5) is 15.9. The molecule has 0 radical (unpaired) electrons. The first-order valence-electron chi connectivity index (χ1n) is 17.2. The minimum absolute atomic E-state index is 0.602. The molecule has 0 amide bonds. The smallest absolute Gasteiger partial charge is 0.164 e. The molecule has 1 aliphatic carbocycles. The molecule has 236 valence electrons. The van der Waals surface area contributed by atoms with Crippen LogP contribution in [0.2, 0.25) is 0 Å². The number of aromatic nitrogens is 3. The van der Waals surface area contributed by atoms with Crippen molar-refractivity contribution in [2.45, 2.75) is 0 Å². The van der Waals surface area contributed by atoms with Gasteiger partial charge in [-0.2, -0.15) is 0 Å². The van der Waals surface area contributed by atoms with E-state index >= 15 is 0 Å². The number of benzene rings is 8. The molecule has 10 aromatic rings. The van der Waals surface area contributed by atoms with Crippen molar-refractivity contribution < 1.29 is 4.42 Å². The van der Waals surface area contributed by atoms with Gasteiger partial charge in [-0.1, -0.05) is 140 Å². The molecule has 0 fully saturated rings. The molecule has 0 atom stereocenters. The van der Waals surface area contributed by atoms with Crippen molar-refractivity contribution in [1.82, 2.24) is 15.0 Å². The summed E-state index contributed by atoms with van der Waals surface area (Å²) in [5, 5.41) is 6.61. The molecule has 0 saturated carbocycles. The Bertz CT molecular complexity index is 3000. The van der Waals surface area contributed by atoms with Gasteiger partial charge in [-0.3, -0.25) is 0 Å². The van der Waals surface area contributed by atoms with E-state index in [1.165, 1.54) is 27.6 Å². The highest BCUT2D eigenvalue weighted by Crippen LogP contribution is 2.49. The van der Waals surface area contributed by atoms with Crippen molar-refractivity contribution in [3.63, 3.8) is 0 Å². The third kappa shape index (κ3) is 4.17. The Morgan fingerprint density at radius 2 is 0.824 bits per heavy atom. The van der Waals surface area contributed by atoms with Gasteiger partial charge < -0.3 is 4.42 Å². The van der Waals surface area contributed by atoms with E-state index in [0.717, 1.165) is 65.9 Å². The molecule has 0 aliphatic heterocycles. The number of fused-ring (bicyclic) bond motifs is 7. The van der Waals surface area contributed by atoms with Gasteiger partial charge in [0.2, 0.25) is 0 Å². The summed E-state index contributed by atoms with van der Waals surface area (Å²) >= 11 is 0. The summed E-state index contributed by atoms with van der Waals surface area (Å²) in [5.41, 5.74) is 11.6. The number of furan rings is 1. The molecule has 1 aliphatic rings. The van der Waals surface area contributed by atoms with Gasteiger partial charge in [0.15, 0.2) is 17.5 Å². The van der Waals surface area contributed by atoms with Gasteiger partial charge in [-0.15, -0.1) is 0 Å². The second kappa shape index (κ2) is 10.8. The molecular formula is C47H27N3O. The first-order valence-corrected chi connectivity index (χ1v) is 17.2. The van der Waals surface area contributed by atoms with Crippen LogP contribution in [0.1, 0.15) is 0 Å². The molecule has 2 heterocycles. The van der Waals surface area contributed by atoms with Crippen LogP contribution in [0.25, 0.3) is 111 Å². The van der Waals surface area contributed by atoms with Gasteiger partial charge in [0.05, 0.1) is 0 Å². The second-order valence-corrected chi connectivity index (χ2v) is 13.1. The summed E-state index contributed by atoms with van der Waals surface area (Å²) in [6.07, 6.45) is 0. The molecule has 11 rings (SSSR count). The SMILES string of the molecule is c1ccc(-c2ccc(-c3nc(-c4cccc5ccccc45)nc(-c4ccc5c6c(cccc46)-c4ccccc4-5)n3)c3c2oc2ccccc23)cc1. The van der Waals surface area contributed by atoms with Gasteiger partial charge in [0, 0.05) is 33.0 Å². The lowest BCUT2D eigenvalue weighted by Crippen LogP contribution is -2.01. The quantitative estimate of drug-likeness (QED) is 0.190. The lowest BCUT2D eigenvalue weighted by atomic mass is 9.97. The van der Waals surface area contributed by atoms with Crippen LogP contribution in [0.4, 0.5) is 0 Å². The summed E-state index contributed by atoms with van der Waals surface area (Å²) in [7, 11) is 0. The van der Waals surface area contributed by atoms with Crippen LogP contribution in [-0.2, 0) is 0 Å². The molecular weight excluding hydrogens is 623 g/mol. The maximum atomic E-state index is 6.64. The third-order valence-corrected chi connectivity index (χ3v) is 10.3. The molecule has 0 saturated heterocycles. The number of rotatable bonds is 4. The van der Waals surface area contributed by atoms with E-state index < -0.39 is 0 Å². The first-order chi connectivity index (χ1) is 25.3. The van der Waals surface area contributed by atoms with Crippen LogP contribution in [0, 0.1) is 0 Å². The predicted molar refractivity (Wildman–Crippen MR) is 208 cm³/mol. The van der Waals surface area contributed by atoms with Gasteiger partial charge in [0.25, 0.3) is 0 Å². The number of hydrogen-bond donors (Lipinski definition) is 0. The van der Waals surface area contributed by atoms with Gasteiger partial charge in [-0.25, -0.2) is 15.0 Å². The molecule has 0 bridgehead atoms. The van der Waals surface area contributed by atoms with Crippen molar-refractivity contribution in [3.8, 4) is 67.5 Å². The van der Waals surface area contributed by atoms with Crippen LogP contribution in [0.3, 0.4) is 0 Å². The Hall–Kier alpha value is -6.91.